The number of carbonyl (C=O) groups excluding carboxylic acids is 2. The summed E-state index contributed by atoms with van der Waals surface area (Å²) in [6.07, 6.45) is 3.32. The van der Waals surface area contributed by atoms with Crippen LogP contribution in [0.5, 0.6) is 0 Å². The molecule has 0 radical (unpaired) electrons. The molecule has 0 bridgehead atoms. The van der Waals surface area contributed by atoms with Crippen LogP contribution in [-0.2, 0) is 14.3 Å². The van der Waals surface area contributed by atoms with Crippen LogP contribution in [0.3, 0.4) is 0 Å². The van der Waals surface area contributed by atoms with E-state index in [4.69, 9.17) is 9.47 Å². The zero-order chi connectivity index (χ0) is 18.0. The lowest BCUT2D eigenvalue weighted by molar-refractivity contribution is -0.145. The smallest absolute Gasteiger partial charge is 0.264 e. The van der Waals surface area contributed by atoms with Crippen LogP contribution < -0.4 is 4.90 Å². The molecule has 7 nitrogen and oxygen atoms in total. The third-order valence-electron chi connectivity index (χ3n) is 4.58. The normalized spacial score (nSPS) is 23.9. The molecule has 2 aromatic heterocycles. The fourth-order valence-electron chi connectivity index (χ4n) is 3.28. The number of pyridine rings is 1. The molecule has 8 heteroatoms. The standard InChI is InChI=1S/C18H19N3O4S/c22-16-10-25-18(12-21(16)14-3-1-5-19-9-14)11-20(6-7-24-13-18)17(23)15-4-2-8-26-15/h1-5,8-9H,6-7,10-13H2/t18-/m1/s1. The molecule has 2 aromatic rings. The van der Waals surface area contributed by atoms with E-state index in [2.05, 4.69) is 4.98 Å². The van der Waals surface area contributed by atoms with Gasteiger partial charge in [0.05, 0.1) is 43.1 Å². The van der Waals surface area contributed by atoms with Gasteiger partial charge >= 0.3 is 0 Å². The highest BCUT2D eigenvalue weighted by Gasteiger charge is 2.44. The summed E-state index contributed by atoms with van der Waals surface area (Å²) >= 11 is 1.42. The van der Waals surface area contributed by atoms with Gasteiger partial charge in [-0.3, -0.25) is 14.6 Å². The number of rotatable bonds is 2. The Morgan fingerprint density at radius 3 is 2.96 bits per heavy atom. The van der Waals surface area contributed by atoms with Gasteiger partial charge in [-0.25, -0.2) is 0 Å². The van der Waals surface area contributed by atoms with Gasteiger partial charge in [0, 0.05) is 12.7 Å². The van der Waals surface area contributed by atoms with Crippen LogP contribution in [0.2, 0.25) is 0 Å². The molecule has 0 unspecified atom stereocenters. The van der Waals surface area contributed by atoms with Crippen molar-refractivity contribution in [2.45, 2.75) is 5.60 Å². The first-order chi connectivity index (χ1) is 12.7. The van der Waals surface area contributed by atoms with Crippen molar-refractivity contribution < 1.29 is 19.1 Å². The lowest BCUT2D eigenvalue weighted by Crippen LogP contribution is -2.61. The van der Waals surface area contributed by atoms with E-state index in [1.165, 1.54) is 11.3 Å². The lowest BCUT2D eigenvalue weighted by Gasteiger charge is -2.42. The van der Waals surface area contributed by atoms with Crippen molar-refractivity contribution in [3.63, 3.8) is 0 Å². The van der Waals surface area contributed by atoms with Gasteiger partial charge in [0.15, 0.2) is 0 Å². The number of nitrogens with zero attached hydrogens (tertiary/aromatic N) is 3. The first kappa shape index (κ1) is 17.1. The van der Waals surface area contributed by atoms with Gasteiger partial charge in [0.1, 0.15) is 12.2 Å². The lowest BCUT2D eigenvalue weighted by atomic mass is 10.0. The second-order valence-electron chi connectivity index (χ2n) is 6.42. The van der Waals surface area contributed by atoms with Crippen molar-refractivity contribution in [1.29, 1.82) is 0 Å². The molecule has 4 heterocycles. The predicted octanol–water partition coefficient (Wildman–Crippen LogP) is 1.42. The summed E-state index contributed by atoms with van der Waals surface area (Å²) in [5.74, 6) is -0.151. The van der Waals surface area contributed by atoms with Crippen molar-refractivity contribution in [2.75, 3.05) is 44.4 Å². The summed E-state index contributed by atoms with van der Waals surface area (Å²) in [5.41, 5.74) is -0.0201. The Bertz CT molecular complexity index is 783. The maximum absolute atomic E-state index is 12.8. The summed E-state index contributed by atoms with van der Waals surface area (Å²) in [6, 6.07) is 7.32. The van der Waals surface area contributed by atoms with Crippen molar-refractivity contribution in [3.05, 3.63) is 46.9 Å². The van der Waals surface area contributed by atoms with Gasteiger partial charge in [-0.1, -0.05) is 6.07 Å². The molecule has 1 atom stereocenters. The van der Waals surface area contributed by atoms with Gasteiger partial charge in [0.2, 0.25) is 0 Å². The second kappa shape index (κ2) is 7.14. The molecule has 2 fully saturated rings. The molecule has 1 spiro atoms. The number of hydrogen-bond donors (Lipinski definition) is 0. The fraction of sp³-hybridized carbons (Fsp3) is 0.389. The van der Waals surface area contributed by atoms with E-state index in [0.29, 0.717) is 37.7 Å². The van der Waals surface area contributed by atoms with E-state index in [9.17, 15) is 9.59 Å². The minimum Gasteiger partial charge on any atom is -0.376 e. The van der Waals surface area contributed by atoms with Crippen LogP contribution >= 0.6 is 11.3 Å². The van der Waals surface area contributed by atoms with E-state index in [1.807, 2.05) is 23.6 Å². The Balaban J connectivity index is 1.57. The number of anilines is 1. The minimum atomic E-state index is -0.743. The van der Waals surface area contributed by atoms with Crippen LogP contribution in [0.1, 0.15) is 9.67 Å². The molecule has 2 saturated heterocycles. The van der Waals surface area contributed by atoms with Crippen molar-refractivity contribution in [2.24, 2.45) is 0 Å². The minimum absolute atomic E-state index is 0.0293. The molecule has 0 aliphatic carbocycles. The summed E-state index contributed by atoms with van der Waals surface area (Å²) in [6.45, 7) is 1.95. The highest BCUT2D eigenvalue weighted by atomic mass is 32.1. The molecule has 2 amide bonds. The Labute approximate surface area is 155 Å². The summed E-state index contributed by atoms with van der Waals surface area (Å²) in [4.78, 5) is 33.4. The number of amides is 2. The van der Waals surface area contributed by atoms with Gasteiger partial charge in [-0.2, -0.15) is 0 Å². The summed E-state index contributed by atoms with van der Waals surface area (Å²) < 4.78 is 11.7. The number of aromatic nitrogens is 1. The fourth-order valence-corrected chi connectivity index (χ4v) is 3.97. The molecule has 0 saturated carbocycles. The van der Waals surface area contributed by atoms with E-state index >= 15 is 0 Å². The average Bonchev–Trinajstić information content (AvgIpc) is 3.13. The van der Waals surface area contributed by atoms with Crippen LogP contribution in [0.4, 0.5) is 5.69 Å². The maximum atomic E-state index is 12.8. The average molecular weight is 373 g/mol. The molecular formula is C18H19N3O4S. The van der Waals surface area contributed by atoms with Crippen molar-refractivity contribution in [3.8, 4) is 0 Å². The Kier molecular flexibility index (Phi) is 4.71. The molecule has 4 rings (SSSR count). The van der Waals surface area contributed by atoms with Crippen LogP contribution in [0, 0.1) is 0 Å². The Morgan fingerprint density at radius 2 is 2.19 bits per heavy atom. The molecule has 0 N–H and O–H groups in total. The molecule has 136 valence electrons. The van der Waals surface area contributed by atoms with Gasteiger partial charge in [0.25, 0.3) is 11.8 Å². The van der Waals surface area contributed by atoms with E-state index in [1.54, 1.807) is 28.3 Å². The van der Waals surface area contributed by atoms with E-state index < -0.39 is 5.60 Å². The van der Waals surface area contributed by atoms with Crippen LogP contribution in [0.25, 0.3) is 0 Å². The van der Waals surface area contributed by atoms with Crippen LogP contribution in [0.15, 0.2) is 42.0 Å². The second-order valence-corrected chi connectivity index (χ2v) is 7.37. The molecule has 0 aromatic carbocycles. The van der Waals surface area contributed by atoms with Crippen molar-refractivity contribution >= 4 is 28.8 Å². The number of carbonyl (C=O) groups is 2. The number of morpholine rings is 1. The largest absolute Gasteiger partial charge is 0.376 e. The number of hydrogen-bond acceptors (Lipinski definition) is 6. The van der Waals surface area contributed by atoms with E-state index in [-0.39, 0.29) is 18.4 Å². The number of thiophene rings is 1. The Hall–Kier alpha value is -2.29. The van der Waals surface area contributed by atoms with E-state index in [0.717, 1.165) is 5.69 Å². The van der Waals surface area contributed by atoms with Gasteiger partial charge in [-0.05, 0) is 23.6 Å². The zero-order valence-corrected chi connectivity index (χ0v) is 15.0. The van der Waals surface area contributed by atoms with Gasteiger partial charge < -0.3 is 19.3 Å². The molecular weight excluding hydrogens is 354 g/mol. The highest BCUT2D eigenvalue weighted by molar-refractivity contribution is 7.12. The highest BCUT2D eigenvalue weighted by Crippen LogP contribution is 2.27. The third kappa shape index (κ3) is 3.35. The molecule has 2 aliphatic rings. The SMILES string of the molecule is O=C(c1cccs1)N1CCOC[C@@]2(C1)CN(c1cccnc1)C(=O)CO2. The predicted molar refractivity (Wildman–Crippen MR) is 96.3 cm³/mol. The summed E-state index contributed by atoms with van der Waals surface area (Å²) in [5, 5.41) is 1.89. The monoisotopic (exact) mass is 373 g/mol. The molecule has 26 heavy (non-hydrogen) atoms. The topological polar surface area (TPSA) is 72.0 Å². The first-order valence-electron chi connectivity index (χ1n) is 8.42. The molecule has 2 aliphatic heterocycles. The summed E-state index contributed by atoms with van der Waals surface area (Å²) in [7, 11) is 0. The van der Waals surface area contributed by atoms with Gasteiger partial charge in [-0.15, -0.1) is 11.3 Å². The quantitative estimate of drug-likeness (QED) is 0.796. The van der Waals surface area contributed by atoms with Crippen LogP contribution in [-0.4, -0.2) is 66.8 Å². The Morgan fingerprint density at radius 1 is 1.27 bits per heavy atom. The third-order valence-corrected chi connectivity index (χ3v) is 5.43. The zero-order valence-electron chi connectivity index (χ0n) is 14.2. The number of ether oxygens (including phenoxy) is 2. The maximum Gasteiger partial charge on any atom is 0.264 e. The van der Waals surface area contributed by atoms with Crippen molar-refractivity contribution in [1.82, 2.24) is 9.88 Å². The first-order valence-corrected chi connectivity index (χ1v) is 9.30.